The van der Waals surface area contributed by atoms with Gasteiger partial charge < -0.3 is 0 Å². The third kappa shape index (κ3) is 2.31. The monoisotopic (exact) mass is 400 g/mol. The number of pyridine rings is 1. The van der Waals surface area contributed by atoms with Crippen LogP contribution in [0.3, 0.4) is 0 Å². The number of hydrogen-bond acceptors (Lipinski definition) is 0. The molecule has 2 aliphatic heterocycles. The topological polar surface area (TPSA) is 3.88 Å². The summed E-state index contributed by atoms with van der Waals surface area (Å²) in [4.78, 5) is 0. The molecule has 1 fully saturated rings. The predicted molar refractivity (Wildman–Crippen MR) is 131 cm³/mol. The second-order valence-corrected chi connectivity index (χ2v) is 9.92. The zero-order chi connectivity index (χ0) is 20.7. The van der Waals surface area contributed by atoms with Crippen molar-refractivity contribution in [3.05, 3.63) is 71.9 Å². The summed E-state index contributed by atoms with van der Waals surface area (Å²) in [6, 6.07) is 21.3. The highest BCUT2D eigenvalue weighted by Gasteiger charge is 2.43. The Labute approximate surface area is 184 Å². The van der Waals surface area contributed by atoms with Gasteiger partial charge in [-0.05, 0) is 58.8 Å². The fourth-order valence-electron chi connectivity index (χ4n) is 6.81. The minimum absolute atomic E-state index is 0.363. The van der Waals surface area contributed by atoms with Crippen molar-refractivity contribution in [2.45, 2.75) is 44.9 Å². The summed E-state index contributed by atoms with van der Waals surface area (Å²) in [7, 11) is 2.22. The normalized spacial score (nSPS) is 16.5. The van der Waals surface area contributed by atoms with Crippen LogP contribution in [0.5, 0.6) is 0 Å². The van der Waals surface area contributed by atoms with Gasteiger partial charge in [-0.25, -0.2) is 4.57 Å². The van der Waals surface area contributed by atoms with Crippen molar-refractivity contribution < 1.29 is 4.57 Å². The van der Waals surface area contributed by atoms with Crippen LogP contribution in [0.2, 0.25) is 0 Å². The molecule has 3 aromatic carbocycles. The minimum atomic E-state index is 0.363. The molecule has 0 atom stereocenters. The standard InChI is InChI=1S/C29H27BN/c1-18-12-13-23-22-10-6-7-11-24(22)30-25-17-21(19-8-4-3-5-9-19)16-20-14-15-31(2)29(27(20)25)26(18)28(23)30/h6-7,10-17,19H,3-5,8-9H2,1-2H3/q+1. The second-order valence-electron chi connectivity index (χ2n) is 9.92. The maximum absolute atomic E-state index is 2.60. The molecule has 4 aromatic rings. The van der Waals surface area contributed by atoms with Gasteiger partial charge in [0.1, 0.15) is 7.05 Å². The molecule has 1 saturated carbocycles. The highest BCUT2D eigenvalue weighted by atomic mass is 14.9. The second kappa shape index (κ2) is 6.32. The Morgan fingerprint density at radius 2 is 1.71 bits per heavy atom. The molecule has 150 valence electrons. The van der Waals surface area contributed by atoms with Crippen molar-refractivity contribution in [1.82, 2.24) is 0 Å². The summed E-state index contributed by atoms with van der Waals surface area (Å²) < 4.78 is 2.36. The van der Waals surface area contributed by atoms with Gasteiger partial charge >= 0.3 is 0 Å². The maximum Gasteiger partial charge on any atom is 0.245 e. The average Bonchev–Trinajstić information content (AvgIpc) is 3.15. The van der Waals surface area contributed by atoms with E-state index in [2.05, 4.69) is 79.3 Å². The van der Waals surface area contributed by atoms with E-state index in [9.17, 15) is 0 Å². The van der Waals surface area contributed by atoms with Crippen LogP contribution in [0.4, 0.5) is 0 Å². The molecular weight excluding hydrogens is 373 g/mol. The molecule has 0 spiro atoms. The summed E-state index contributed by atoms with van der Waals surface area (Å²) in [6.45, 7) is 2.65. The fraction of sp³-hybridized carbons (Fsp3) is 0.276. The molecule has 0 amide bonds. The van der Waals surface area contributed by atoms with Crippen molar-refractivity contribution in [1.29, 1.82) is 0 Å². The lowest BCUT2D eigenvalue weighted by atomic mass is 9.35. The van der Waals surface area contributed by atoms with Crippen molar-refractivity contribution >= 4 is 33.9 Å². The Morgan fingerprint density at radius 1 is 0.871 bits per heavy atom. The highest BCUT2D eigenvalue weighted by Crippen LogP contribution is 2.39. The predicted octanol–water partition coefficient (Wildman–Crippen LogP) is 4.50. The molecular formula is C29H27BN+. The van der Waals surface area contributed by atoms with Crippen molar-refractivity contribution in [3.8, 4) is 22.4 Å². The molecule has 0 saturated heterocycles. The van der Waals surface area contributed by atoms with E-state index >= 15 is 0 Å². The van der Waals surface area contributed by atoms with E-state index in [-0.39, 0.29) is 0 Å². The molecule has 1 aliphatic carbocycles. The first-order valence-electron chi connectivity index (χ1n) is 11.9. The molecule has 3 aliphatic rings. The number of hydrogen-bond donors (Lipinski definition) is 0. The van der Waals surface area contributed by atoms with Crippen LogP contribution in [0.1, 0.15) is 49.1 Å². The van der Waals surface area contributed by atoms with Crippen molar-refractivity contribution in [2.75, 3.05) is 0 Å². The number of fused-ring (bicyclic) bond motifs is 5. The lowest BCUT2D eigenvalue weighted by Crippen LogP contribution is -2.54. The summed E-state index contributed by atoms with van der Waals surface area (Å²) >= 11 is 0. The molecule has 0 unspecified atom stereocenters. The maximum atomic E-state index is 2.60. The first kappa shape index (κ1) is 17.8. The largest absolute Gasteiger partial charge is 0.245 e. The quantitative estimate of drug-likeness (QED) is 0.283. The van der Waals surface area contributed by atoms with Gasteiger partial charge in [0.25, 0.3) is 0 Å². The average molecular weight is 400 g/mol. The van der Waals surface area contributed by atoms with E-state index < -0.39 is 0 Å². The van der Waals surface area contributed by atoms with Crippen molar-refractivity contribution in [2.24, 2.45) is 7.05 Å². The van der Waals surface area contributed by atoms with Gasteiger partial charge in [-0.1, -0.05) is 78.7 Å². The molecule has 0 radical (unpaired) electrons. The number of nitrogens with zero attached hydrogens (tertiary/aromatic N) is 1. The van der Waals surface area contributed by atoms with E-state index in [0.29, 0.717) is 6.71 Å². The Kier molecular flexibility index (Phi) is 3.63. The summed E-state index contributed by atoms with van der Waals surface area (Å²) in [5.41, 5.74) is 13.3. The third-order valence-electron chi connectivity index (χ3n) is 8.22. The lowest BCUT2D eigenvalue weighted by Gasteiger charge is -2.27. The van der Waals surface area contributed by atoms with E-state index in [1.165, 1.54) is 87.2 Å². The third-order valence-corrected chi connectivity index (χ3v) is 8.22. The Morgan fingerprint density at radius 3 is 2.58 bits per heavy atom. The number of rotatable bonds is 1. The number of benzene rings is 3. The van der Waals surface area contributed by atoms with E-state index in [1.807, 2.05) is 0 Å². The Balaban J connectivity index is 1.62. The summed E-state index contributed by atoms with van der Waals surface area (Å²) in [6.07, 6.45) is 9.13. The van der Waals surface area contributed by atoms with Crippen LogP contribution in [0.15, 0.2) is 60.8 Å². The molecule has 3 heterocycles. The zero-order valence-electron chi connectivity index (χ0n) is 18.4. The first-order chi connectivity index (χ1) is 15.2. The van der Waals surface area contributed by atoms with Crippen LogP contribution in [0, 0.1) is 6.92 Å². The molecule has 7 rings (SSSR count). The van der Waals surface area contributed by atoms with Gasteiger partial charge in [-0.15, -0.1) is 0 Å². The fourth-order valence-corrected chi connectivity index (χ4v) is 6.81. The van der Waals surface area contributed by atoms with Gasteiger partial charge in [0.2, 0.25) is 12.4 Å². The van der Waals surface area contributed by atoms with Crippen LogP contribution < -0.4 is 21.0 Å². The molecule has 2 heteroatoms. The lowest BCUT2D eigenvalue weighted by molar-refractivity contribution is -0.659. The van der Waals surface area contributed by atoms with Gasteiger partial charge in [0, 0.05) is 17.0 Å². The molecule has 31 heavy (non-hydrogen) atoms. The van der Waals surface area contributed by atoms with Gasteiger partial charge in [-0.2, -0.15) is 0 Å². The van der Waals surface area contributed by atoms with Gasteiger partial charge in [0.05, 0.1) is 0 Å². The van der Waals surface area contributed by atoms with E-state index in [4.69, 9.17) is 0 Å². The zero-order valence-corrected chi connectivity index (χ0v) is 18.4. The smallest absolute Gasteiger partial charge is 0.200 e. The molecule has 1 aromatic heterocycles. The summed E-state index contributed by atoms with van der Waals surface area (Å²) in [5, 5.41) is 2.89. The molecule has 0 bridgehead atoms. The van der Waals surface area contributed by atoms with Crippen LogP contribution in [-0.2, 0) is 7.05 Å². The molecule has 0 N–H and O–H groups in total. The minimum Gasteiger partial charge on any atom is -0.200 e. The van der Waals surface area contributed by atoms with Gasteiger partial charge in [-0.3, -0.25) is 0 Å². The van der Waals surface area contributed by atoms with Crippen LogP contribution in [-0.4, -0.2) is 6.71 Å². The Hall–Kier alpha value is -2.87. The van der Waals surface area contributed by atoms with E-state index in [0.717, 1.165) is 5.92 Å². The van der Waals surface area contributed by atoms with Gasteiger partial charge in [0.15, 0.2) is 6.20 Å². The molecule has 1 nitrogen and oxygen atoms in total. The number of aryl methyl sites for hydroxylation is 2. The Bertz CT molecular complexity index is 1390. The number of aromatic nitrogens is 1. The summed E-state index contributed by atoms with van der Waals surface area (Å²) in [5.74, 6) is 0.724. The van der Waals surface area contributed by atoms with E-state index in [1.54, 1.807) is 5.56 Å². The SMILES string of the molecule is Cc1ccc2c3c1-c1c4c(cc(C5CCCCC5)cc4cc[n+]1C)B3c1ccccc1-2. The van der Waals surface area contributed by atoms with Crippen LogP contribution >= 0.6 is 0 Å². The van der Waals surface area contributed by atoms with Crippen molar-refractivity contribution in [3.63, 3.8) is 0 Å². The van der Waals surface area contributed by atoms with Crippen LogP contribution in [0.25, 0.3) is 33.2 Å². The first-order valence-corrected chi connectivity index (χ1v) is 11.9. The highest BCUT2D eigenvalue weighted by molar-refractivity contribution is 7.01.